The first-order chi connectivity index (χ1) is 13.1. The lowest BCUT2D eigenvalue weighted by Crippen LogP contribution is -2.29. The molecule has 0 fully saturated rings. The summed E-state index contributed by atoms with van der Waals surface area (Å²) in [4.78, 5) is 4.42. The molecule has 0 atom stereocenters. The number of fused-ring (bicyclic) bond motifs is 1. The van der Waals surface area contributed by atoms with Crippen molar-refractivity contribution < 1.29 is 4.73 Å². The van der Waals surface area contributed by atoms with Gasteiger partial charge in [-0.1, -0.05) is 26.0 Å². The molecular weight excluding hydrogens is 336 g/mol. The minimum Gasteiger partial charge on any atom is -0.618 e. The summed E-state index contributed by atoms with van der Waals surface area (Å²) < 4.78 is 2.87. The summed E-state index contributed by atoms with van der Waals surface area (Å²) in [5, 5.41) is 18.2. The Balaban J connectivity index is 1.78. The molecule has 0 saturated carbocycles. The van der Waals surface area contributed by atoms with Crippen molar-refractivity contribution in [2.75, 3.05) is 0 Å². The average Bonchev–Trinajstić information content (AvgIpc) is 3.15. The Morgan fingerprint density at radius 3 is 2.85 bits per heavy atom. The van der Waals surface area contributed by atoms with Crippen LogP contribution in [-0.4, -0.2) is 14.8 Å². The molecule has 0 amide bonds. The fourth-order valence-corrected chi connectivity index (χ4v) is 3.23. The Morgan fingerprint density at radius 1 is 1.11 bits per heavy atom. The molecule has 5 nitrogen and oxygen atoms in total. The molecule has 0 bridgehead atoms. The predicted molar refractivity (Wildman–Crippen MR) is 107 cm³/mol. The van der Waals surface area contributed by atoms with Gasteiger partial charge in [0.25, 0.3) is 0 Å². The van der Waals surface area contributed by atoms with Crippen molar-refractivity contribution in [3.05, 3.63) is 72.5 Å². The molecule has 0 aliphatic rings. The van der Waals surface area contributed by atoms with Crippen molar-refractivity contribution in [3.8, 4) is 22.4 Å². The zero-order valence-corrected chi connectivity index (χ0v) is 15.5. The molecular formula is C22H22N4O. The van der Waals surface area contributed by atoms with E-state index in [1.54, 1.807) is 12.3 Å². The Morgan fingerprint density at radius 2 is 2.00 bits per heavy atom. The lowest BCUT2D eigenvalue weighted by Gasteiger charge is -2.09. The third-order valence-corrected chi connectivity index (χ3v) is 4.72. The lowest BCUT2D eigenvalue weighted by atomic mass is 10.0. The van der Waals surface area contributed by atoms with Crippen LogP contribution in [0.4, 0.5) is 0 Å². The standard InChI is InChI=1S/C22H22N4O/c1-16(2)9-12-25-15-19(14-24-25)20-6-4-11-26(27)22(20)18-8-7-17-5-3-10-23-21(17)13-18/h3-8,10-11,13-16H,9,12H2,1-2H3. The smallest absolute Gasteiger partial charge is 0.231 e. The van der Waals surface area contributed by atoms with E-state index in [1.165, 1.54) is 6.20 Å². The van der Waals surface area contributed by atoms with E-state index in [4.69, 9.17) is 0 Å². The summed E-state index contributed by atoms with van der Waals surface area (Å²) in [5.74, 6) is 0.624. The molecule has 4 rings (SSSR count). The lowest BCUT2D eigenvalue weighted by molar-refractivity contribution is -0.593. The summed E-state index contributed by atoms with van der Waals surface area (Å²) in [5.41, 5.74) is 4.16. The van der Waals surface area contributed by atoms with Crippen molar-refractivity contribution in [1.29, 1.82) is 0 Å². The van der Waals surface area contributed by atoms with Gasteiger partial charge in [0.2, 0.25) is 5.69 Å². The number of pyridine rings is 2. The first-order valence-corrected chi connectivity index (χ1v) is 9.22. The van der Waals surface area contributed by atoms with Crippen LogP contribution >= 0.6 is 0 Å². The maximum Gasteiger partial charge on any atom is 0.231 e. The maximum absolute atomic E-state index is 12.6. The Kier molecular flexibility index (Phi) is 4.59. The van der Waals surface area contributed by atoms with Crippen molar-refractivity contribution in [2.24, 2.45) is 5.92 Å². The molecule has 3 heterocycles. The maximum atomic E-state index is 12.6. The molecule has 0 spiro atoms. The van der Waals surface area contributed by atoms with Crippen LogP contribution in [0.15, 0.2) is 67.3 Å². The number of benzene rings is 1. The molecule has 3 aromatic heterocycles. The van der Waals surface area contributed by atoms with Crippen LogP contribution in [0.25, 0.3) is 33.3 Å². The number of hydrogen-bond donors (Lipinski definition) is 0. The number of rotatable bonds is 5. The van der Waals surface area contributed by atoms with E-state index in [0.717, 1.165) is 45.3 Å². The molecule has 0 N–H and O–H groups in total. The number of hydrogen-bond acceptors (Lipinski definition) is 3. The highest BCUT2D eigenvalue weighted by Gasteiger charge is 2.18. The molecule has 0 aliphatic heterocycles. The molecule has 0 unspecified atom stereocenters. The normalized spacial score (nSPS) is 11.4. The Hall–Kier alpha value is -3.21. The summed E-state index contributed by atoms with van der Waals surface area (Å²) in [6.07, 6.45) is 8.21. The highest BCUT2D eigenvalue weighted by atomic mass is 16.5. The van der Waals surface area contributed by atoms with Gasteiger partial charge in [0.05, 0.1) is 22.8 Å². The quantitative estimate of drug-likeness (QED) is 0.391. The van der Waals surface area contributed by atoms with Crippen LogP contribution in [0.1, 0.15) is 20.3 Å². The number of aromatic nitrogens is 4. The summed E-state index contributed by atoms with van der Waals surface area (Å²) in [6.45, 7) is 5.28. The third kappa shape index (κ3) is 3.53. The molecule has 0 saturated heterocycles. The van der Waals surface area contributed by atoms with Crippen LogP contribution in [0.5, 0.6) is 0 Å². The molecule has 1 aromatic carbocycles. The fourth-order valence-electron chi connectivity index (χ4n) is 3.23. The molecule has 0 radical (unpaired) electrons. The van der Waals surface area contributed by atoms with Crippen LogP contribution < -0.4 is 4.73 Å². The van der Waals surface area contributed by atoms with Gasteiger partial charge in [-0.05, 0) is 36.6 Å². The van der Waals surface area contributed by atoms with Crippen molar-refractivity contribution in [3.63, 3.8) is 0 Å². The minimum absolute atomic E-state index is 0.619. The summed E-state index contributed by atoms with van der Waals surface area (Å²) in [7, 11) is 0. The van der Waals surface area contributed by atoms with Gasteiger partial charge in [-0.25, -0.2) is 0 Å². The SMILES string of the molecule is CC(C)CCn1cc(-c2ccc[n+]([O-])c2-c2ccc3cccnc3c2)cn1. The third-order valence-electron chi connectivity index (χ3n) is 4.72. The first kappa shape index (κ1) is 17.2. The predicted octanol–water partition coefficient (Wildman–Crippen LogP) is 4.44. The van der Waals surface area contributed by atoms with E-state index in [-0.39, 0.29) is 0 Å². The van der Waals surface area contributed by atoms with Gasteiger partial charge in [-0.3, -0.25) is 9.67 Å². The highest BCUT2D eigenvalue weighted by Crippen LogP contribution is 2.30. The van der Waals surface area contributed by atoms with Crippen LogP contribution in [0.3, 0.4) is 0 Å². The van der Waals surface area contributed by atoms with E-state index in [1.807, 2.05) is 53.5 Å². The van der Waals surface area contributed by atoms with E-state index < -0.39 is 0 Å². The first-order valence-electron chi connectivity index (χ1n) is 9.22. The number of aryl methyl sites for hydroxylation is 1. The van der Waals surface area contributed by atoms with Crippen molar-refractivity contribution in [1.82, 2.24) is 14.8 Å². The van der Waals surface area contributed by atoms with Crippen LogP contribution in [0.2, 0.25) is 0 Å². The zero-order valence-electron chi connectivity index (χ0n) is 15.5. The average molecular weight is 358 g/mol. The van der Waals surface area contributed by atoms with Crippen molar-refractivity contribution in [2.45, 2.75) is 26.8 Å². The topological polar surface area (TPSA) is 57.6 Å². The molecule has 27 heavy (non-hydrogen) atoms. The van der Waals surface area contributed by atoms with Gasteiger partial charge >= 0.3 is 0 Å². The molecule has 4 aromatic rings. The Bertz CT molecular complexity index is 1080. The van der Waals surface area contributed by atoms with Crippen LogP contribution in [0, 0.1) is 11.1 Å². The van der Waals surface area contributed by atoms with Gasteiger partial charge < -0.3 is 5.21 Å². The van der Waals surface area contributed by atoms with E-state index in [0.29, 0.717) is 11.6 Å². The van der Waals surface area contributed by atoms with Gasteiger partial charge in [0, 0.05) is 36.0 Å². The molecule has 136 valence electrons. The summed E-state index contributed by atoms with van der Waals surface area (Å²) in [6, 6.07) is 13.6. The van der Waals surface area contributed by atoms with Gasteiger partial charge in [0.1, 0.15) is 0 Å². The second-order valence-corrected chi connectivity index (χ2v) is 7.18. The largest absolute Gasteiger partial charge is 0.618 e. The van der Waals surface area contributed by atoms with Gasteiger partial charge in [-0.15, -0.1) is 0 Å². The van der Waals surface area contributed by atoms with Crippen LogP contribution in [-0.2, 0) is 6.54 Å². The minimum atomic E-state index is 0.619. The summed E-state index contributed by atoms with van der Waals surface area (Å²) >= 11 is 0. The number of nitrogens with zero attached hydrogens (tertiary/aromatic N) is 4. The fraction of sp³-hybridized carbons (Fsp3) is 0.227. The Labute approximate surface area is 158 Å². The monoisotopic (exact) mass is 358 g/mol. The second-order valence-electron chi connectivity index (χ2n) is 7.18. The van der Waals surface area contributed by atoms with Gasteiger partial charge in [0.15, 0.2) is 6.20 Å². The zero-order chi connectivity index (χ0) is 18.8. The van der Waals surface area contributed by atoms with Gasteiger partial charge in [-0.2, -0.15) is 9.83 Å². The highest BCUT2D eigenvalue weighted by molar-refractivity contribution is 5.86. The van der Waals surface area contributed by atoms with E-state index >= 15 is 0 Å². The van der Waals surface area contributed by atoms with E-state index in [2.05, 4.69) is 23.9 Å². The second kappa shape index (κ2) is 7.19. The molecule has 0 aliphatic carbocycles. The van der Waals surface area contributed by atoms with Crippen molar-refractivity contribution >= 4 is 10.9 Å². The van der Waals surface area contributed by atoms with E-state index in [9.17, 15) is 5.21 Å². The molecule has 5 heteroatoms.